The van der Waals surface area contributed by atoms with Gasteiger partial charge in [-0.1, -0.05) is 56.3 Å². The first kappa shape index (κ1) is 25.7. The van der Waals surface area contributed by atoms with Gasteiger partial charge in [0, 0.05) is 12.6 Å². The van der Waals surface area contributed by atoms with Gasteiger partial charge in [0.2, 0.25) is 5.91 Å². The van der Waals surface area contributed by atoms with Gasteiger partial charge < -0.3 is 15.0 Å². The third-order valence-corrected chi connectivity index (χ3v) is 6.65. The van der Waals surface area contributed by atoms with Gasteiger partial charge in [-0.2, -0.15) is 0 Å². The maximum atomic E-state index is 13.4. The minimum Gasteiger partial charge on any atom is -0.483 e. The second kappa shape index (κ2) is 12.0. The Morgan fingerprint density at radius 1 is 1.03 bits per heavy atom. The lowest BCUT2D eigenvalue weighted by Gasteiger charge is -2.31. The molecule has 0 bridgehead atoms. The van der Waals surface area contributed by atoms with Crippen molar-refractivity contribution < 1.29 is 18.7 Å². The highest BCUT2D eigenvalue weighted by molar-refractivity contribution is 9.10. The zero-order valence-corrected chi connectivity index (χ0v) is 21.3. The SMILES string of the molecule is CC[C@@H](C)NC(=O)[C@H](CC)N(Cc1ccc(F)cc1)C(=O)COc1ccc2ccccc2c1Br. The van der Waals surface area contributed by atoms with E-state index in [0.29, 0.717) is 12.2 Å². The molecule has 7 heteroatoms. The Morgan fingerprint density at radius 2 is 1.74 bits per heavy atom. The van der Waals surface area contributed by atoms with E-state index in [4.69, 9.17) is 4.74 Å². The van der Waals surface area contributed by atoms with Crippen LogP contribution in [0.5, 0.6) is 5.75 Å². The number of nitrogens with zero attached hydrogens (tertiary/aromatic N) is 1. The molecule has 0 aliphatic heterocycles. The summed E-state index contributed by atoms with van der Waals surface area (Å²) in [6, 6.07) is 16.9. The van der Waals surface area contributed by atoms with Crippen molar-refractivity contribution in [3.05, 3.63) is 76.5 Å². The van der Waals surface area contributed by atoms with Crippen LogP contribution >= 0.6 is 15.9 Å². The maximum Gasteiger partial charge on any atom is 0.261 e. The molecule has 3 aromatic carbocycles. The predicted octanol–water partition coefficient (Wildman–Crippen LogP) is 5.84. The van der Waals surface area contributed by atoms with Crippen LogP contribution < -0.4 is 10.1 Å². The Labute approximate surface area is 208 Å². The van der Waals surface area contributed by atoms with Crippen molar-refractivity contribution in [2.75, 3.05) is 6.61 Å². The van der Waals surface area contributed by atoms with E-state index < -0.39 is 6.04 Å². The number of ether oxygens (including phenoxy) is 1. The number of nitrogens with one attached hydrogen (secondary N) is 1. The molecule has 34 heavy (non-hydrogen) atoms. The second-order valence-electron chi connectivity index (χ2n) is 8.28. The van der Waals surface area contributed by atoms with Gasteiger partial charge in [-0.3, -0.25) is 9.59 Å². The largest absolute Gasteiger partial charge is 0.483 e. The molecular formula is C27H30BrFN2O3. The van der Waals surface area contributed by atoms with Crippen LogP contribution in [0.1, 0.15) is 39.2 Å². The molecule has 1 N–H and O–H groups in total. The molecule has 0 aromatic heterocycles. The van der Waals surface area contributed by atoms with E-state index in [-0.39, 0.29) is 36.8 Å². The van der Waals surface area contributed by atoms with Gasteiger partial charge in [0.05, 0.1) is 4.47 Å². The van der Waals surface area contributed by atoms with Crippen molar-refractivity contribution in [3.8, 4) is 5.75 Å². The molecule has 3 aromatic rings. The van der Waals surface area contributed by atoms with Crippen LogP contribution in [0, 0.1) is 5.82 Å². The fourth-order valence-corrected chi connectivity index (χ4v) is 4.30. The highest BCUT2D eigenvalue weighted by Crippen LogP contribution is 2.33. The van der Waals surface area contributed by atoms with Crippen LogP contribution in [0.3, 0.4) is 0 Å². The van der Waals surface area contributed by atoms with Gasteiger partial charge in [0.25, 0.3) is 5.91 Å². The molecule has 5 nitrogen and oxygen atoms in total. The number of rotatable bonds is 10. The van der Waals surface area contributed by atoms with E-state index in [0.717, 1.165) is 27.2 Å². The summed E-state index contributed by atoms with van der Waals surface area (Å²) in [4.78, 5) is 27.9. The topological polar surface area (TPSA) is 58.6 Å². The van der Waals surface area contributed by atoms with Gasteiger partial charge in [-0.15, -0.1) is 0 Å². The average molecular weight is 529 g/mol. The fourth-order valence-electron chi connectivity index (χ4n) is 3.69. The van der Waals surface area contributed by atoms with Crippen LogP contribution in [0.15, 0.2) is 65.1 Å². The van der Waals surface area contributed by atoms with Crippen LogP contribution in [0.25, 0.3) is 10.8 Å². The predicted molar refractivity (Wildman–Crippen MR) is 136 cm³/mol. The minimum atomic E-state index is -0.671. The Morgan fingerprint density at radius 3 is 2.41 bits per heavy atom. The van der Waals surface area contributed by atoms with Crippen molar-refractivity contribution in [3.63, 3.8) is 0 Å². The van der Waals surface area contributed by atoms with Crippen LogP contribution in [0.4, 0.5) is 4.39 Å². The van der Waals surface area contributed by atoms with E-state index >= 15 is 0 Å². The first-order valence-electron chi connectivity index (χ1n) is 11.5. The Kier molecular flexibility index (Phi) is 9.05. The van der Waals surface area contributed by atoms with Crippen molar-refractivity contribution in [1.29, 1.82) is 0 Å². The number of benzene rings is 3. The number of fused-ring (bicyclic) bond motifs is 1. The van der Waals surface area contributed by atoms with Crippen LogP contribution in [-0.2, 0) is 16.1 Å². The molecule has 0 unspecified atom stereocenters. The standard InChI is InChI=1S/C27H30BrFN2O3/c1-4-18(3)30-27(33)23(5-2)31(16-19-10-13-21(29)14-11-19)25(32)17-34-24-15-12-20-8-6-7-9-22(20)26(24)28/h6-15,18,23H,4-5,16-17H2,1-3H3,(H,30,33)/t18-,23+/m1/s1. The normalized spacial score (nSPS) is 12.7. The molecule has 2 amide bonds. The summed E-state index contributed by atoms with van der Waals surface area (Å²) in [6.07, 6.45) is 1.22. The molecular weight excluding hydrogens is 499 g/mol. The second-order valence-corrected chi connectivity index (χ2v) is 9.07. The molecule has 0 fully saturated rings. The van der Waals surface area contributed by atoms with Crippen molar-refractivity contribution in [1.82, 2.24) is 10.2 Å². The lowest BCUT2D eigenvalue weighted by molar-refractivity contribution is -0.143. The number of amides is 2. The maximum absolute atomic E-state index is 13.4. The van der Waals surface area contributed by atoms with E-state index in [1.807, 2.05) is 57.2 Å². The first-order chi connectivity index (χ1) is 16.3. The first-order valence-corrected chi connectivity index (χ1v) is 12.3. The molecule has 3 rings (SSSR count). The van der Waals surface area contributed by atoms with Crippen LogP contribution in [-0.4, -0.2) is 35.4 Å². The Hall–Kier alpha value is -2.93. The van der Waals surface area contributed by atoms with Gasteiger partial charge >= 0.3 is 0 Å². The zero-order valence-electron chi connectivity index (χ0n) is 19.7. The van der Waals surface area contributed by atoms with Gasteiger partial charge in [-0.05, 0) is 70.2 Å². The van der Waals surface area contributed by atoms with Crippen molar-refractivity contribution in [2.45, 2.75) is 52.2 Å². The third-order valence-electron chi connectivity index (χ3n) is 5.83. The Balaban J connectivity index is 1.82. The lowest BCUT2D eigenvalue weighted by atomic mass is 10.1. The monoisotopic (exact) mass is 528 g/mol. The van der Waals surface area contributed by atoms with Crippen LogP contribution in [0.2, 0.25) is 0 Å². The molecule has 0 saturated heterocycles. The number of hydrogen-bond acceptors (Lipinski definition) is 3. The summed E-state index contributed by atoms with van der Waals surface area (Å²) in [5.41, 5.74) is 0.733. The smallest absolute Gasteiger partial charge is 0.261 e. The highest BCUT2D eigenvalue weighted by Gasteiger charge is 2.29. The highest BCUT2D eigenvalue weighted by atomic mass is 79.9. The number of carbonyl (C=O) groups excluding carboxylic acids is 2. The number of carbonyl (C=O) groups is 2. The summed E-state index contributed by atoms with van der Waals surface area (Å²) in [5, 5.41) is 5.01. The lowest BCUT2D eigenvalue weighted by Crippen LogP contribution is -2.51. The quantitative estimate of drug-likeness (QED) is 0.359. The minimum absolute atomic E-state index is 0.00544. The van der Waals surface area contributed by atoms with E-state index in [1.54, 1.807) is 12.1 Å². The Bertz CT molecular complexity index is 1140. The molecule has 0 spiro atoms. The summed E-state index contributed by atoms with van der Waals surface area (Å²) in [7, 11) is 0. The van der Waals surface area contributed by atoms with E-state index in [9.17, 15) is 14.0 Å². The molecule has 0 heterocycles. The molecule has 0 radical (unpaired) electrons. The number of hydrogen-bond donors (Lipinski definition) is 1. The molecule has 0 aliphatic carbocycles. The van der Waals surface area contributed by atoms with E-state index in [2.05, 4.69) is 21.2 Å². The zero-order chi connectivity index (χ0) is 24.7. The van der Waals surface area contributed by atoms with Gasteiger partial charge in [0.1, 0.15) is 17.6 Å². The van der Waals surface area contributed by atoms with Gasteiger partial charge in [0.15, 0.2) is 6.61 Å². The van der Waals surface area contributed by atoms with E-state index in [1.165, 1.54) is 17.0 Å². The molecule has 2 atom stereocenters. The summed E-state index contributed by atoms with van der Waals surface area (Å²) < 4.78 is 20.1. The van der Waals surface area contributed by atoms with Crippen molar-refractivity contribution in [2.24, 2.45) is 0 Å². The number of halogens is 2. The molecule has 0 saturated carbocycles. The van der Waals surface area contributed by atoms with Gasteiger partial charge in [-0.25, -0.2) is 4.39 Å². The molecule has 0 aliphatic rings. The van der Waals surface area contributed by atoms with Crippen molar-refractivity contribution >= 4 is 38.5 Å². The molecule has 180 valence electrons. The average Bonchev–Trinajstić information content (AvgIpc) is 2.84. The summed E-state index contributed by atoms with van der Waals surface area (Å²) in [6.45, 7) is 5.73. The fraction of sp³-hybridized carbons (Fsp3) is 0.333. The summed E-state index contributed by atoms with van der Waals surface area (Å²) in [5.74, 6) is -0.340. The third kappa shape index (κ3) is 6.35. The summed E-state index contributed by atoms with van der Waals surface area (Å²) >= 11 is 3.58.